The van der Waals surface area contributed by atoms with Gasteiger partial charge in [0.25, 0.3) is 0 Å². The van der Waals surface area contributed by atoms with Gasteiger partial charge in [-0.3, -0.25) is 4.90 Å². The summed E-state index contributed by atoms with van der Waals surface area (Å²) in [6.07, 6.45) is 2.26. The molecule has 0 saturated carbocycles. The highest BCUT2D eigenvalue weighted by molar-refractivity contribution is 6.10. The van der Waals surface area contributed by atoms with Crippen LogP contribution in [0.5, 0.6) is 0 Å². The Morgan fingerprint density at radius 2 is 1.74 bits per heavy atom. The minimum atomic E-state index is 0.976. The van der Waals surface area contributed by atoms with Gasteiger partial charge in [0.1, 0.15) is 0 Å². The summed E-state index contributed by atoms with van der Waals surface area (Å²) in [6, 6.07) is 21.8. The van der Waals surface area contributed by atoms with E-state index >= 15 is 0 Å². The van der Waals surface area contributed by atoms with Crippen molar-refractivity contribution in [3.63, 3.8) is 0 Å². The lowest BCUT2D eigenvalue weighted by atomic mass is 9.89. The van der Waals surface area contributed by atoms with Crippen molar-refractivity contribution in [1.82, 2.24) is 14.9 Å². The average molecular weight is 406 g/mol. The first kappa shape index (κ1) is 18.6. The zero-order chi connectivity index (χ0) is 20.9. The van der Waals surface area contributed by atoms with Crippen LogP contribution in [0.15, 0.2) is 60.7 Å². The number of para-hydroxylation sites is 1. The van der Waals surface area contributed by atoms with E-state index < -0.39 is 0 Å². The van der Waals surface area contributed by atoms with Crippen LogP contribution < -0.4 is 0 Å². The van der Waals surface area contributed by atoms with Crippen molar-refractivity contribution < 1.29 is 0 Å². The molecule has 0 unspecified atom stereocenters. The standard InChI is InChI=1S/C28H27N3/c1-3-15-31-16-14-21-23(17-31)28(26-18(2)29-24-11-7-6-10-22(24)26)30-25-13-12-19-8-4-5-9-20(19)27(21)25/h4-13,29H,3,14-17H2,1-2H3. The maximum atomic E-state index is 5.34. The fourth-order valence-corrected chi connectivity index (χ4v) is 5.47. The van der Waals surface area contributed by atoms with Gasteiger partial charge in [-0.25, -0.2) is 4.98 Å². The SMILES string of the molecule is CCCN1CCc2c(c(-c3c(C)[nH]c4ccccc34)nc3ccc4ccccc4c23)C1. The molecule has 1 aliphatic rings. The lowest BCUT2D eigenvalue weighted by Gasteiger charge is -2.31. The first-order valence-electron chi connectivity index (χ1n) is 11.4. The Kier molecular flexibility index (Phi) is 4.32. The summed E-state index contributed by atoms with van der Waals surface area (Å²) in [5, 5.41) is 5.24. The summed E-state index contributed by atoms with van der Waals surface area (Å²) < 4.78 is 0. The molecule has 154 valence electrons. The molecule has 5 aromatic rings. The molecule has 0 saturated heterocycles. The van der Waals surface area contributed by atoms with Crippen LogP contribution in [0.1, 0.15) is 30.2 Å². The number of hydrogen-bond donors (Lipinski definition) is 1. The molecule has 3 aromatic carbocycles. The van der Waals surface area contributed by atoms with Gasteiger partial charge in [-0.1, -0.05) is 55.5 Å². The van der Waals surface area contributed by atoms with E-state index in [9.17, 15) is 0 Å². The first-order chi connectivity index (χ1) is 15.2. The molecule has 0 radical (unpaired) electrons. The van der Waals surface area contributed by atoms with Crippen LogP contribution in [0.2, 0.25) is 0 Å². The van der Waals surface area contributed by atoms with Crippen LogP contribution in [-0.2, 0) is 13.0 Å². The Hall–Kier alpha value is -3.17. The Morgan fingerprint density at radius 1 is 0.935 bits per heavy atom. The second-order valence-electron chi connectivity index (χ2n) is 8.80. The molecule has 31 heavy (non-hydrogen) atoms. The van der Waals surface area contributed by atoms with Crippen molar-refractivity contribution in [2.75, 3.05) is 13.1 Å². The number of hydrogen-bond acceptors (Lipinski definition) is 2. The predicted octanol–water partition coefficient (Wildman–Crippen LogP) is 6.61. The van der Waals surface area contributed by atoms with Crippen LogP contribution in [0.25, 0.3) is 43.8 Å². The number of aromatic nitrogens is 2. The molecule has 6 rings (SSSR count). The normalized spacial score (nSPS) is 14.5. The summed E-state index contributed by atoms with van der Waals surface area (Å²) >= 11 is 0. The van der Waals surface area contributed by atoms with Gasteiger partial charge < -0.3 is 4.98 Å². The van der Waals surface area contributed by atoms with Crippen LogP contribution in [-0.4, -0.2) is 28.0 Å². The Balaban J connectivity index is 1.71. The van der Waals surface area contributed by atoms with Gasteiger partial charge >= 0.3 is 0 Å². The average Bonchev–Trinajstić information content (AvgIpc) is 3.14. The number of fused-ring (bicyclic) bond motifs is 6. The van der Waals surface area contributed by atoms with Gasteiger partial charge in [-0.05, 0) is 60.3 Å². The second kappa shape index (κ2) is 7.21. The van der Waals surface area contributed by atoms with Crippen LogP contribution in [0.4, 0.5) is 0 Å². The number of pyridine rings is 1. The van der Waals surface area contributed by atoms with Crippen molar-refractivity contribution in [2.45, 2.75) is 33.2 Å². The topological polar surface area (TPSA) is 31.9 Å². The largest absolute Gasteiger partial charge is 0.358 e. The van der Waals surface area contributed by atoms with Gasteiger partial charge in [-0.2, -0.15) is 0 Å². The molecule has 0 spiro atoms. The van der Waals surface area contributed by atoms with E-state index in [-0.39, 0.29) is 0 Å². The highest BCUT2D eigenvalue weighted by atomic mass is 15.1. The van der Waals surface area contributed by atoms with Crippen molar-refractivity contribution in [3.05, 3.63) is 77.5 Å². The lowest BCUT2D eigenvalue weighted by molar-refractivity contribution is 0.255. The van der Waals surface area contributed by atoms with E-state index in [1.807, 2.05) is 0 Å². The van der Waals surface area contributed by atoms with E-state index in [2.05, 4.69) is 84.4 Å². The van der Waals surface area contributed by atoms with Crippen LogP contribution in [0, 0.1) is 6.92 Å². The zero-order valence-corrected chi connectivity index (χ0v) is 18.2. The number of nitrogens with one attached hydrogen (secondary N) is 1. The van der Waals surface area contributed by atoms with Crippen molar-refractivity contribution >= 4 is 32.6 Å². The van der Waals surface area contributed by atoms with E-state index in [1.54, 1.807) is 0 Å². The third-order valence-corrected chi connectivity index (χ3v) is 6.82. The molecule has 0 amide bonds. The number of H-pyrrole nitrogens is 1. The number of rotatable bonds is 3. The number of aryl methyl sites for hydroxylation is 1. The summed E-state index contributed by atoms with van der Waals surface area (Å²) in [6.45, 7) is 7.69. The predicted molar refractivity (Wildman–Crippen MR) is 131 cm³/mol. The minimum Gasteiger partial charge on any atom is -0.358 e. The highest BCUT2D eigenvalue weighted by Crippen LogP contribution is 2.40. The molecule has 0 atom stereocenters. The smallest absolute Gasteiger partial charge is 0.0781 e. The van der Waals surface area contributed by atoms with Gasteiger partial charge in [0, 0.05) is 40.6 Å². The fourth-order valence-electron chi connectivity index (χ4n) is 5.47. The summed E-state index contributed by atoms with van der Waals surface area (Å²) in [5.74, 6) is 0. The van der Waals surface area contributed by atoms with Crippen molar-refractivity contribution in [1.29, 1.82) is 0 Å². The second-order valence-corrected chi connectivity index (χ2v) is 8.80. The summed E-state index contributed by atoms with van der Waals surface area (Å²) in [7, 11) is 0. The number of nitrogens with zero attached hydrogens (tertiary/aromatic N) is 2. The number of benzene rings is 3. The van der Waals surface area contributed by atoms with Gasteiger partial charge in [0.05, 0.1) is 11.2 Å². The lowest BCUT2D eigenvalue weighted by Crippen LogP contribution is -2.32. The van der Waals surface area contributed by atoms with Crippen molar-refractivity contribution in [2.24, 2.45) is 0 Å². The third-order valence-electron chi connectivity index (χ3n) is 6.82. The molecule has 1 N–H and O–H groups in total. The first-order valence-corrected chi connectivity index (χ1v) is 11.4. The van der Waals surface area contributed by atoms with Gasteiger partial charge in [0.15, 0.2) is 0 Å². The molecule has 0 bridgehead atoms. The molecular formula is C28H27N3. The molecule has 2 aromatic heterocycles. The molecule has 3 heteroatoms. The third kappa shape index (κ3) is 2.88. The maximum absolute atomic E-state index is 5.34. The van der Waals surface area contributed by atoms with Crippen LogP contribution >= 0.6 is 0 Å². The Morgan fingerprint density at radius 3 is 2.61 bits per heavy atom. The highest BCUT2D eigenvalue weighted by Gasteiger charge is 2.26. The number of aromatic amines is 1. The van der Waals surface area contributed by atoms with E-state index in [0.717, 1.165) is 37.3 Å². The van der Waals surface area contributed by atoms with Crippen LogP contribution in [0.3, 0.4) is 0 Å². The van der Waals surface area contributed by atoms with Crippen molar-refractivity contribution in [3.8, 4) is 11.3 Å². The monoisotopic (exact) mass is 405 g/mol. The summed E-state index contributed by atoms with van der Waals surface area (Å²) in [5.41, 5.74) is 8.83. The van der Waals surface area contributed by atoms with E-state index in [0.29, 0.717) is 0 Å². The Labute approximate surface area is 182 Å². The molecule has 3 heterocycles. The Bertz CT molecular complexity index is 1440. The van der Waals surface area contributed by atoms with Gasteiger partial charge in [-0.15, -0.1) is 0 Å². The minimum absolute atomic E-state index is 0.976. The van der Waals surface area contributed by atoms with Gasteiger partial charge in [0.2, 0.25) is 0 Å². The maximum Gasteiger partial charge on any atom is 0.0781 e. The molecule has 1 aliphatic heterocycles. The zero-order valence-electron chi connectivity index (χ0n) is 18.2. The molecule has 0 fully saturated rings. The quantitative estimate of drug-likeness (QED) is 0.342. The molecular weight excluding hydrogens is 378 g/mol. The van der Waals surface area contributed by atoms with E-state index in [4.69, 9.17) is 4.98 Å². The molecule has 3 nitrogen and oxygen atoms in total. The van der Waals surface area contributed by atoms with E-state index in [1.165, 1.54) is 55.9 Å². The fraction of sp³-hybridized carbons (Fsp3) is 0.250. The molecule has 0 aliphatic carbocycles. The summed E-state index contributed by atoms with van der Waals surface area (Å²) in [4.78, 5) is 11.5.